The van der Waals surface area contributed by atoms with Crippen LogP contribution in [0.5, 0.6) is 0 Å². The smallest absolute Gasteiger partial charge is 0.270 e. The predicted molar refractivity (Wildman–Crippen MR) is 76.3 cm³/mol. The van der Waals surface area contributed by atoms with Crippen molar-refractivity contribution in [3.63, 3.8) is 0 Å². The van der Waals surface area contributed by atoms with Crippen molar-refractivity contribution in [2.75, 3.05) is 19.6 Å². The molecule has 2 N–H and O–H groups in total. The van der Waals surface area contributed by atoms with Crippen LogP contribution in [0.3, 0.4) is 0 Å². The summed E-state index contributed by atoms with van der Waals surface area (Å²) in [6.07, 6.45) is 0. The Bertz CT molecular complexity index is 582. The third-order valence-electron chi connectivity index (χ3n) is 3.81. The zero-order chi connectivity index (χ0) is 13.5. The molecule has 2 aromatic rings. The third-order valence-corrected chi connectivity index (χ3v) is 3.81. The molecule has 3 rings (SSSR count). The van der Waals surface area contributed by atoms with Crippen molar-refractivity contribution in [1.82, 2.24) is 15.2 Å². The minimum atomic E-state index is -0.146. The van der Waals surface area contributed by atoms with E-state index < -0.39 is 0 Å². The Labute approximate surface area is 112 Å². The maximum atomic E-state index is 12.7. The van der Waals surface area contributed by atoms with E-state index in [-0.39, 0.29) is 11.4 Å². The van der Waals surface area contributed by atoms with Crippen molar-refractivity contribution in [3.8, 4) is 0 Å². The molecule has 2 heterocycles. The molecule has 1 saturated heterocycles. The molecule has 0 spiro atoms. The van der Waals surface area contributed by atoms with Crippen LogP contribution in [0.4, 0.5) is 0 Å². The number of amides is 1. The lowest BCUT2D eigenvalue weighted by atomic mass is 9.99. The number of nitrogens with zero attached hydrogens (tertiary/aromatic N) is 1. The second kappa shape index (κ2) is 4.38. The zero-order valence-corrected chi connectivity index (χ0v) is 11.4. The SMILES string of the molecule is CC1(C)CNCCN1C(=O)c1cc2ccccc2[nH]1. The number of hydrogen-bond donors (Lipinski definition) is 2. The average molecular weight is 257 g/mol. The van der Waals surface area contributed by atoms with Crippen molar-refractivity contribution >= 4 is 16.8 Å². The first-order valence-electron chi connectivity index (χ1n) is 6.68. The van der Waals surface area contributed by atoms with E-state index in [1.807, 2.05) is 35.2 Å². The van der Waals surface area contributed by atoms with Gasteiger partial charge in [0.15, 0.2) is 0 Å². The molecule has 0 radical (unpaired) electrons. The van der Waals surface area contributed by atoms with Crippen LogP contribution in [0, 0.1) is 0 Å². The van der Waals surface area contributed by atoms with Crippen LogP contribution in [0.15, 0.2) is 30.3 Å². The van der Waals surface area contributed by atoms with E-state index in [4.69, 9.17) is 0 Å². The van der Waals surface area contributed by atoms with Crippen LogP contribution in [-0.2, 0) is 0 Å². The highest BCUT2D eigenvalue weighted by atomic mass is 16.2. The Morgan fingerprint density at radius 1 is 1.32 bits per heavy atom. The molecular weight excluding hydrogens is 238 g/mol. The van der Waals surface area contributed by atoms with Gasteiger partial charge >= 0.3 is 0 Å². The van der Waals surface area contributed by atoms with Gasteiger partial charge in [-0.05, 0) is 26.0 Å². The Balaban J connectivity index is 1.94. The largest absolute Gasteiger partial charge is 0.351 e. The first-order valence-corrected chi connectivity index (χ1v) is 6.68. The van der Waals surface area contributed by atoms with Crippen molar-refractivity contribution in [1.29, 1.82) is 0 Å². The Hall–Kier alpha value is -1.81. The molecule has 0 unspecified atom stereocenters. The summed E-state index contributed by atoms with van der Waals surface area (Å²) in [5.41, 5.74) is 1.54. The highest BCUT2D eigenvalue weighted by Gasteiger charge is 2.34. The zero-order valence-electron chi connectivity index (χ0n) is 11.4. The molecule has 4 nitrogen and oxygen atoms in total. The molecular formula is C15H19N3O. The Morgan fingerprint density at radius 3 is 2.84 bits per heavy atom. The minimum absolute atomic E-state index is 0.0858. The molecule has 1 aliphatic rings. The van der Waals surface area contributed by atoms with E-state index in [9.17, 15) is 4.79 Å². The number of piperazine rings is 1. The number of rotatable bonds is 1. The molecule has 19 heavy (non-hydrogen) atoms. The number of carbonyl (C=O) groups excluding carboxylic acids is 1. The molecule has 1 aromatic heterocycles. The van der Waals surface area contributed by atoms with E-state index in [0.717, 1.165) is 30.5 Å². The van der Waals surface area contributed by atoms with E-state index in [2.05, 4.69) is 24.1 Å². The second-order valence-corrected chi connectivity index (χ2v) is 5.72. The predicted octanol–water partition coefficient (Wildman–Crippen LogP) is 1.99. The lowest BCUT2D eigenvalue weighted by Crippen LogP contribution is -2.59. The van der Waals surface area contributed by atoms with Gasteiger partial charge in [0.25, 0.3) is 5.91 Å². The molecule has 100 valence electrons. The fourth-order valence-electron chi connectivity index (χ4n) is 2.69. The number of fused-ring (bicyclic) bond motifs is 1. The van der Waals surface area contributed by atoms with Crippen molar-refractivity contribution in [3.05, 3.63) is 36.0 Å². The Kier molecular flexibility index (Phi) is 2.82. The van der Waals surface area contributed by atoms with E-state index in [1.54, 1.807) is 0 Å². The van der Waals surface area contributed by atoms with Gasteiger partial charge in [0.05, 0.1) is 5.54 Å². The number of aromatic nitrogens is 1. The molecule has 0 aliphatic carbocycles. The molecule has 0 bridgehead atoms. The van der Waals surface area contributed by atoms with Gasteiger partial charge in [-0.25, -0.2) is 0 Å². The summed E-state index contributed by atoms with van der Waals surface area (Å²) in [6.45, 7) is 6.63. The molecule has 1 amide bonds. The minimum Gasteiger partial charge on any atom is -0.351 e. The van der Waals surface area contributed by atoms with E-state index in [0.29, 0.717) is 5.69 Å². The summed E-state index contributed by atoms with van der Waals surface area (Å²) < 4.78 is 0. The lowest BCUT2D eigenvalue weighted by Gasteiger charge is -2.42. The topological polar surface area (TPSA) is 48.1 Å². The van der Waals surface area contributed by atoms with Crippen LogP contribution in [0.25, 0.3) is 10.9 Å². The van der Waals surface area contributed by atoms with Gasteiger partial charge in [-0.2, -0.15) is 0 Å². The summed E-state index contributed by atoms with van der Waals surface area (Å²) >= 11 is 0. The third kappa shape index (κ3) is 2.12. The van der Waals surface area contributed by atoms with Crippen molar-refractivity contribution in [2.24, 2.45) is 0 Å². The fraction of sp³-hybridized carbons (Fsp3) is 0.400. The maximum Gasteiger partial charge on any atom is 0.270 e. The number of carbonyl (C=O) groups is 1. The molecule has 0 atom stereocenters. The van der Waals surface area contributed by atoms with Crippen LogP contribution in [-0.4, -0.2) is 41.0 Å². The molecule has 1 aliphatic heterocycles. The van der Waals surface area contributed by atoms with Crippen molar-refractivity contribution in [2.45, 2.75) is 19.4 Å². The number of H-pyrrole nitrogens is 1. The van der Waals surface area contributed by atoms with Gasteiger partial charge in [-0.1, -0.05) is 18.2 Å². The maximum absolute atomic E-state index is 12.7. The number of hydrogen-bond acceptors (Lipinski definition) is 2. The van der Waals surface area contributed by atoms with Crippen LogP contribution < -0.4 is 5.32 Å². The monoisotopic (exact) mass is 257 g/mol. The fourth-order valence-corrected chi connectivity index (χ4v) is 2.69. The normalized spacial score (nSPS) is 18.7. The van der Waals surface area contributed by atoms with Crippen LogP contribution >= 0.6 is 0 Å². The van der Waals surface area contributed by atoms with Crippen molar-refractivity contribution < 1.29 is 4.79 Å². The average Bonchev–Trinajstić information content (AvgIpc) is 2.81. The van der Waals surface area contributed by atoms with E-state index >= 15 is 0 Å². The number of benzene rings is 1. The van der Waals surface area contributed by atoms with Gasteiger partial charge < -0.3 is 15.2 Å². The number of aromatic amines is 1. The van der Waals surface area contributed by atoms with Gasteiger partial charge in [0.1, 0.15) is 5.69 Å². The lowest BCUT2D eigenvalue weighted by molar-refractivity contribution is 0.0472. The summed E-state index contributed by atoms with van der Waals surface area (Å²) in [5.74, 6) is 0.0858. The van der Waals surface area contributed by atoms with Gasteiger partial charge in [-0.15, -0.1) is 0 Å². The molecule has 1 aromatic carbocycles. The first kappa shape index (κ1) is 12.2. The Morgan fingerprint density at radius 2 is 2.11 bits per heavy atom. The number of para-hydroxylation sites is 1. The summed E-state index contributed by atoms with van der Waals surface area (Å²) in [5, 5.41) is 4.42. The van der Waals surface area contributed by atoms with Crippen LogP contribution in [0.2, 0.25) is 0 Å². The number of nitrogens with one attached hydrogen (secondary N) is 2. The summed E-state index contributed by atoms with van der Waals surface area (Å²) in [7, 11) is 0. The highest BCUT2D eigenvalue weighted by molar-refractivity contribution is 5.98. The summed E-state index contributed by atoms with van der Waals surface area (Å²) in [6, 6.07) is 9.91. The molecule has 1 fully saturated rings. The van der Waals surface area contributed by atoms with Crippen LogP contribution in [0.1, 0.15) is 24.3 Å². The summed E-state index contributed by atoms with van der Waals surface area (Å²) in [4.78, 5) is 17.8. The molecule has 0 saturated carbocycles. The quantitative estimate of drug-likeness (QED) is 0.821. The van der Waals surface area contributed by atoms with Gasteiger partial charge in [0.2, 0.25) is 0 Å². The van der Waals surface area contributed by atoms with Gasteiger partial charge in [-0.3, -0.25) is 4.79 Å². The highest BCUT2D eigenvalue weighted by Crippen LogP contribution is 2.21. The second-order valence-electron chi connectivity index (χ2n) is 5.72. The molecule has 4 heteroatoms. The first-order chi connectivity index (χ1) is 9.08. The van der Waals surface area contributed by atoms with E-state index in [1.165, 1.54) is 0 Å². The van der Waals surface area contributed by atoms with Gasteiger partial charge in [0, 0.05) is 30.5 Å². The standard InChI is InChI=1S/C15H19N3O/c1-15(2)10-16-7-8-18(15)14(19)13-9-11-5-3-4-6-12(11)17-13/h3-6,9,16-17H,7-8,10H2,1-2H3.